The van der Waals surface area contributed by atoms with Gasteiger partial charge in [0.05, 0.1) is 12.2 Å². The molecule has 1 aromatic heterocycles. The second-order valence-electron chi connectivity index (χ2n) is 9.73. The minimum absolute atomic E-state index is 0.00191. The molecular formula is C28H27ClN4O4. The molecule has 37 heavy (non-hydrogen) atoms. The van der Waals surface area contributed by atoms with Gasteiger partial charge >= 0.3 is 0 Å². The van der Waals surface area contributed by atoms with E-state index in [4.69, 9.17) is 16.3 Å². The first-order chi connectivity index (χ1) is 17.6. The Hall–Kier alpha value is -3.80. The topological polar surface area (TPSA) is 87.9 Å². The molecule has 1 N–H and O–H groups in total. The molecule has 0 bridgehead atoms. The number of carbonyl (C=O) groups excluding carboxylic acids is 2. The molecule has 0 aliphatic carbocycles. The van der Waals surface area contributed by atoms with E-state index in [9.17, 15) is 14.7 Å². The first-order valence-electron chi connectivity index (χ1n) is 12.0. The van der Waals surface area contributed by atoms with Crippen molar-refractivity contribution in [2.45, 2.75) is 38.5 Å². The van der Waals surface area contributed by atoms with E-state index < -0.39 is 11.6 Å². The monoisotopic (exact) mass is 518 g/mol. The molecule has 5 rings (SSSR count). The second-order valence-corrected chi connectivity index (χ2v) is 10.1. The number of aliphatic hydroxyl groups is 1. The Morgan fingerprint density at radius 1 is 1.19 bits per heavy atom. The summed E-state index contributed by atoms with van der Waals surface area (Å²) in [5.74, 6) is 5.60. The number of ether oxygens (including phenoxy) is 1. The molecule has 2 aliphatic rings. The number of hydrogen-bond acceptors (Lipinski definition) is 5. The number of carbonyl (C=O) groups is 2. The van der Waals surface area contributed by atoms with E-state index in [0.29, 0.717) is 47.2 Å². The second kappa shape index (κ2) is 9.58. The number of aromatic nitrogens is 2. The van der Waals surface area contributed by atoms with Crippen molar-refractivity contribution in [1.82, 2.24) is 14.7 Å². The summed E-state index contributed by atoms with van der Waals surface area (Å²) in [5, 5.41) is 14.9. The molecule has 0 fully saturated rings. The van der Waals surface area contributed by atoms with Gasteiger partial charge in [0, 0.05) is 24.7 Å². The molecule has 190 valence electrons. The summed E-state index contributed by atoms with van der Waals surface area (Å²) in [4.78, 5) is 30.0. The fraction of sp³-hybridized carbons (Fsp3) is 0.321. The Morgan fingerprint density at radius 2 is 1.95 bits per heavy atom. The zero-order valence-electron chi connectivity index (χ0n) is 20.9. The van der Waals surface area contributed by atoms with E-state index in [1.807, 2.05) is 30.3 Å². The molecule has 2 aliphatic heterocycles. The number of halogens is 1. The Kier molecular flexibility index (Phi) is 6.44. The molecule has 0 saturated carbocycles. The largest absolute Gasteiger partial charge is 0.489 e. The lowest BCUT2D eigenvalue weighted by atomic mass is 10.0. The van der Waals surface area contributed by atoms with E-state index >= 15 is 0 Å². The number of benzene rings is 2. The van der Waals surface area contributed by atoms with Gasteiger partial charge in [0.15, 0.2) is 5.69 Å². The van der Waals surface area contributed by atoms with Gasteiger partial charge in [-0.05, 0) is 44.0 Å². The van der Waals surface area contributed by atoms with Crippen molar-refractivity contribution in [3.8, 4) is 17.6 Å². The van der Waals surface area contributed by atoms with Crippen LogP contribution in [0.25, 0.3) is 0 Å². The van der Waals surface area contributed by atoms with Gasteiger partial charge in [0.2, 0.25) is 0 Å². The Bertz CT molecular complexity index is 1430. The molecule has 3 heterocycles. The van der Waals surface area contributed by atoms with E-state index in [1.165, 1.54) is 9.80 Å². The molecule has 0 spiro atoms. The first kappa shape index (κ1) is 24.9. The van der Waals surface area contributed by atoms with E-state index in [2.05, 4.69) is 16.9 Å². The van der Waals surface area contributed by atoms with Crippen LogP contribution in [0.4, 0.5) is 5.69 Å². The number of rotatable bonds is 3. The fourth-order valence-corrected chi connectivity index (χ4v) is 4.80. The highest BCUT2D eigenvalue weighted by atomic mass is 35.5. The number of anilines is 1. The molecule has 8 nitrogen and oxygen atoms in total. The zero-order valence-corrected chi connectivity index (χ0v) is 21.6. The van der Waals surface area contributed by atoms with Crippen molar-refractivity contribution in [3.63, 3.8) is 0 Å². The SMILES string of the molecule is CN1C(=O)[C@@H](N2CCc3c(nn(Cc4ccccc4)c3Cl)C2=O)COc2cc(C#CC(C)(C)O)ccc21. The van der Waals surface area contributed by atoms with Gasteiger partial charge in [0.1, 0.15) is 29.2 Å². The number of amides is 2. The molecule has 0 unspecified atom stereocenters. The van der Waals surface area contributed by atoms with Crippen molar-refractivity contribution >= 4 is 29.1 Å². The molecule has 2 aromatic carbocycles. The van der Waals surface area contributed by atoms with Gasteiger partial charge in [-0.15, -0.1) is 0 Å². The number of nitrogens with zero attached hydrogens (tertiary/aromatic N) is 4. The third-order valence-corrected chi connectivity index (χ3v) is 6.87. The van der Waals surface area contributed by atoms with E-state index in [1.54, 1.807) is 43.8 Å². The molecule has 3 aromatic rings. The average Bonchev–Trinajstić information content (AvgIpc) is 3.13. The standard InChI is InChI=1S/C28H27ClN4O4/c1-28(2,36)13-11-18-9-10-21-23(15-18)37-17-22(26(34)31(21)3)32-14-12-20-24(27(32)35)30-33(25(20)29)16-19-7-5-4-6-8-19/h4-10,15,22,36H,12,14,16-17H2,1-3H3/t22-/m0/s1. The maximum Gasteiger partial charge on any atom is 0.275 e. The van der Waals surface area contributed by atoms with Crippen molar-refractivity contribution in [2.75, 3.05) is 25.1 Å². The van der Waals surface area contributed by atoms with E-state index in [0.717, 1.165) is 5.56 Å². The third-order valence-electron chi connectivity index (χ3n) is 6.45. The highest BCUT2D eigenvalue weighted by molar-refractivity contribution is 6.31. The van der Waals surface area contributed by atoms with Gasteiger partial charge in [-0.25, -0.2) is 4.68 Å². The summed E-state index contributed by atoms with van der Waals surface area (Å²) in [6, 6.07) is 14.2. The van der Waals surface area contributed by atoms with Crippen LogP contribution in [-0.4, -0.2) is 63.4 Å². The maximum absolute atomic E-state index is 13.5. The summed E-state index contributed by atoms with van der Waals surface area (Å²) in [6.07, 6.45) is 0.492. The van der Waals surface area contributed by atoms with Crippen LogP contribution in [-0.2, 0) is 17.8 Å². The van der Waals surface area contributed by atoms with Gasteiger partial charge in [0.25, 0.3) is 11.8 Å². The van der Waals surface area contributed by atoms with Crippen LogP contribution in [0, 0.1) is 11.8 Å². The van der Waals surface area contributed by atoms with Crippen LogP contribution in [0.15, 0.2) is 48.5 Å². The first-order valence-corrected chi connectivity index (χ1v) is 12.4. The van der Waals surface area contributed by atoms with Crippen molar-refractivity contribution in [3.05, 3.63) is 76.1 Å². The highest BCUT2D eigenvalue weighted by Crippen LogP contribution is 2.34. The van der Waals surface area contributed by atoms with Gasteiger partial charge in [-0.1, -0.05) is 53.8 Å². The highest BCUT2D eigenvalue weighted by Gasteiger charge is 2.40. The summed E-state index contributed by atoms with van der Waals surface area (Å²) < 4.78 is 7.67. The number of fused-ring (bicyclic) bond motifs is 2. The lowest BCUT2D eigenvalue weighted by molar-refractivity contribution is -0.123. The molecule has 0 saturated heterocycles. The Labute approximate surface area is 220 Å². The average molecular weight is 519 g/mol. The van der Waals surface area contributed by atoms with Crippen LogP contribution in [0.2, 0.25) is 5.15 Å². The summed E-state index contributed by atoms with van der Waals surface area (Å²) in [7, 11) is 1.66. The smallest absolute Gasteiger partial charge is 0.275 e. The lowest BCUT2D eigenvalue weighted by Crippen LogP contribution is -2.54. The molecular weight excluding hydrogens is 492 g/mol. The predicted octanol–water partition coefficient (Wildman–Crippen LogP) is 3.13. The number of hydrogen-bond donors (Lipinski definition) is 1. The fourth-order valence-electron chi connectivity index (χ4n) is 4.52. The van der Waals surface area contributed by atoms with Gasteiger partial charge in [-0.2, -0.15) is 5.10 Å². The van der Waals surface area contributed by atoms with Crippen LogP contribution in [0.1, 0.15) is 41.0 Å². The normalized spacial score (nSPS) is 17.4. The molecule has 0 radical (unpaired) electrons. The number of likely N-dealkylation sites (N-methyl/N-ethyl adjacent to an activating group) is 1. The minimum atomic E-state index is -1.13. The molecule has 9 heteroatoms. The van der Waals surface area contributed by atoms with E-state index in [-0.39, 0.29) is 24.1 Å². The minimum Gasteiger partial charge on any atom is -0.489 e. The lowest BCUT2D eigenvalue weighted by Gasteiger charge is -2.33. The van der Waals surface area contributed by atoms with Crippen molar-refractivity contribution in [1.29, 1.82) is 0 Å². The Balaban J connectivity index is 1.39. The van der Waals surface area contributed by atoms with Crippen LogP contribution in [0.5, 0.6) is 5.75 Å². The summed E-state index contributed by atoms with van der Waals surface area (Å²) in [5.41, 5.74) is 2.10. The summed E-state index contributed by atoms with van der Waals surface area (Å²) in [6.45, 7) is 3.99. The van der Waals surface area contributed by atoms with Crippen LogP contribution < -0.4 is 9.64 Å². The Morgan fingerprint density at radius 3 is 2.68 bits per heavy atom. The quantitative estimate of drug-likeness (QED) is 0.538. The zero-order chi connectivity index (χ0) is 26.3. The maximum atomic E-state index is 13.5. The molecule has 2 amide bonds. The summed E-state index contributed by atoms with van der Waals surface area (Å²) >= 11 is 6.60. The third kappa shape index (κ3) is 4.93. The predicted molar refractivity (Wildman–Crippen MR) is 140 cm³/mol. The van der Waals surface area contributed by atoms with Gasteiger partial charge in [-0.3, -0.25) is 9.59 Å². The molecule has 1 atom stereocenters. The van der Waals surface area contributed by atoms with Crippen molar-refractivity contribution < 1.29 is 19.4 Å². The van der Waals surface area contributed by atoms with Crippen molar-refractivity contribution in [2.24, 2.45) is 0 Å². The van der Waals surface area contributed by atoms with Crippen LogP contribution >= 0.6 is 11.6 Å². The van der Waals surface area contributed by atoms with Crippen LogP contribution in [0.3, 0.4) is 0 Å². The van der Waals surface area contributed by atoms with Gasteiger partial charge < -0.3 is 19.6 Å².